The molecule has 2 amide bonds. The van der Waals surface area contributed by atoms with Gasteiger partial charge in [0.2, 0.25) is 29.0 Å². The number of benzene rings is 3. The number of ether oxygens (including phenoxy) is 2. The number of anilines is 1. The molecule has 0 aromatic heterocycles. The van der Waals surface area contributed by atoms with Gasteiger partial charge in [0.15, 0.2) is 0 Å². The second-order valence-electron chi connectivity index (χ2n) is 8.95. The maximum atomic E-state index is 14.0. The second-order valence-corrected chi connectivity index (χ2v) is 8.95. The number of hydrogen-bond acceptors (Lipinski definition) is 6. The minimum Gasteiger partial charge on any atom is -0.492 e. The second kappa shape index (κ2) is 7.93. The Balaban J connectivity index is 1.54. The van der Waals surface area contributed by atoms with Crippen LogP contribution in [0.5, 0.6) is 5.75 Å². The molecule has 3 aliphatic rings. The van der Waals surface area contributed by atoms with Crippen LogP contribution in [-0.4, -0.2) is 35.6 Å². The van der Waals surface area contributed by atoms with Gasteiger partial charge < -0.3 is 9.47 Å². The van der Waals surface area contributed by atoms with Crippen molar-refractivity contribution in [3.8, 4) is 5.75 Å². The van der Waals surface area contributed by atoms with E-state index in [1.807, 2.05) is 0 Å². The van der Waals surface area contributed by atoms with Crippen molar-refractivity contribution < 1.29 is 33.0 Å². The topological polar surface area (TPSA) is 90.0 Å². The first-order valence-electron chi connectivity index (χ1n) is 11.6. The number of fused-ring (bicyclic) bond motifs is 3. The highest BCUT2D eigenvalue weighted by Crippen LogP contribution is 2.58. The van der Waals surface area contributed by atoms with E-state index < -0.39 is 52.7 Å². The lowest BCUT2D eigenvalue weighted by Crippen LogP contribution is -2.51. The number of rotatable bonds is 4. The van der Waals surface area contributed by atoms with Crippen molar-refractivity contribution in [1.29, 1.82) is 0 Å². The molecule has 0 radical (unpaired) electrons. The zero-order chi connectivity index (χ0) is 25.2. The SMILES string of the molecule is CCOc1ccccc1N1C(=O)[C@@H]2[C@@H](c3ccc(F)cc3)OC3(C(=O)c4ccccc4C3=O)[C@@H]2C1=O. The van der Waals surface area contributed by atoms with E-state index in [1.165, 1.54) is 36.4 Å². The fourth-order valence-electron chi connectivity index (χ4n) is 5.63. The highest BCUT2D eigenvalue weighted by Gasteiger charge is 2.74. The molecule has 0 saturated carbocycles. The lowest BCUT2D eigenvalue weighted by Gasteiger charge is -2.27. The number of hydrogen-bond donors (Lipinski definition) is 0. The molecular weight excluding hydrogens is 465 g/mol. The lowest BCUT2D eigenvalue weighted by molar-refractivity contribution is -0.127. The molecule has 0 bridgehead atoms. The quantitative estimate of drug-likeness (QED) is 0.411. The molecule has 2 aliphatic heterocycles. The average molecular weight is 485 g/mol. The zero-order valence-electron chi connectivity index (χ0n) is 19.1. The van der Waals surface area contributed by atoms with Gasteiger partial charge in [0.25, 0.3) is 0 Å². The Kier molecular flexibility index (Phi) is 4.91. The van der Waals surface area contributed by atoms with Crippen LogP contribution in [0.2, 0.25) is 0 Å². The van der Waals surface area contributed by atoms with E-state index in [0.29, 0.717) is 17.9 Å². The van der Waals surface area contributed by atoms with Gasteiger partial charge >= 0.3 is 0 Å². The third-order valence-corrected chi connectivity index (χ3v) is 7.12. The molecule has 0 N–H and O–H groups in total. The molecule has 1 aliphatic carbocycles. The Morgan fingerprint density at radius 1 is 0.861 bits per heavy atom. The minimum absolute atomic E-state index is 0.148. The summed E-state index contributed by atoms with van der Waals surface area (Å²) in [7, 11) is 0. The summed E-state index contributed by atoms with van der Waals surface area (Å²) < 4.78 is 25.5. The molecule has 2 fully saturated rings. The number of carbonyl (C=O) groups is 4. The number of nitrogens with zero attached hydrogens (tertiary/aromatic N) is 1. The number of amides is 2. The van der Waals surface area contributed by atoms with E-state index in [-0.39, 0.29) is 16.8 Å². The van der Waals surface area contributed by atoms with Gasteiger partial charge in [-0.3, -0.25) is 19.2 Å². The molecule has 7 nitrogen and oxygen atoms in total. The smallest absolute Gasteiger partial charge is 0.241 e. The monoisotopic (exact) mass is 485 g/mol. The summed E-state index contributed by atoms with van der Waals surface area (Å²) >= 11 is 0. The van der Waals surface area contributed by atoms with Crippen molar-refractivity contribution >= 4 is 29.1 Å². The number of ketones is 2. The number of halogens is 1. The van der Waals surface area contributed by atoms with Crippen LogP contribution in [0.15, 0.2) is 72.8 Å². The predicted molar refractivity (Wildman–Crippen MR) is 125 cm³/mol. The first-order chi connectivity index (χ1) is 17.4. The predicted octanol–water partition coefficient (Wildman–Crippen LogP) is 3.92. The number of carbonyl (C=O) groups excluding carboxylic acids is 4. The summed E-state index contributed by atoms with van der Waals surface area (Å²) in [5.74, 6) is -5.35. The largest absolute Gasteiger partial charge is 0.492 e. The summed E-state index contributed by atoms with van der Waals surface area (Å²) in [6.07, 6.45) is -1.11. The normalized spacial score (nSPS) is 23.9. The Labute approximate surface area is 205 Å². The van der Waals surface area contributed by atoms with Crippen molar-refractivity contribution in [3.05, 3.63) is 95.3 Å². The van der Waals surface area contributed by atoms with Crippen molar-refractivity contribution in [3.63, 3.8) is 0 Å². The van der Waals surface area contributed by atoms with E-state index in [9.17, 15) is 23.6 Å². The van der Waals surface area contributed by atoms with Crippen LogP contribution in [0.3, 0.4) is 0 Å². The summed E-state index contributed by atoms with van der Waals surface area (Å²) in [5, 5.41) is 0. The number of imide groups is 1. The van der Waals surface area contributed by atoms with Crippen LogP contribution >= 0.6 is 0 Å². The van der Waals surface area contributed by atoms with Gasteiger partial charge in [-0.2, -0.15) is 0 Å². The van der Waals surface area contributed by atoms with Crippen LogP contribution in [0.4, 0.5) is 10.1 Å². The fourth-order valence-corrected chi connectivity index (χ4v) is 5.63. The molecule has 3 aromatic rings. The highest BCUT2D eigenvalue weighted by molar-refractivity contribution is 6.37. The van der Waals surface area contributed by atoms with E-state index in [1.54, 1.807) is 43.3 Å². The van der Waals surface area contributed by atoms with E-state index in [2.05, 4.69) is 0 Å². The Morgan fingerprint density at radius 2 is 1.47 bits per heavy atom. The van der Waals surface area contributed by atoms with Crippen LogP contribution in [0, 0.1) is 17.7 Å². The molecule has 180 valence electrons. The van der Waals surface area contributed by atoms with Gasteiger partial charge in [0.1, 0.15) is 11.6 Å². The maximum absolute atomic E-state index is 14.0. The third-order valence-electron chi connectivity index (χ3n) is 7.12. The Morgan fingerprint density at radius 3 is 2.11 bits per heavy atom. The zero-order valence-corrected chi connectivity index (χ0v) is 19.1. The van der Waals surface area contributed by atoms with Crippen LogP contribution < -0.4 is 9.64 Å². The molecule has 0 unspecified atom stereocenters. The summed E-state index contributed by atoms with van der Waals surface area (Å²) in [5.41, 5.74) is -1.27. The Bertz CT molecular complexity index is 1410. The van der Waals surface area contributed by atoms with Crippen LogP contribution in [0.1, 0.15) is 39.3 Å². The molecule has 36 heavy (non-hydrogen) atoms. The minimum atomic E-state index is -2.19. The number of para-hydroxylation sites is 2. The molecule has 3 atom stereocenters. The molecule has 2 heterocycles. The standard InChI is InChI=1S/C28H20FNO6/c1-2-35-20-10-6-5-9-19(20)30-26(33)21-22(27(30)34)28(36-23(21)15-11-13-16(29)14-12-15)24(31)17-7-3-4-8-18(17)25(28)32/h3-14,21-23H,2H2,1H3/t21-,22-,23+/m0/s1. The third kappa shape index (κ3) is 2.82. The molecular formula is C28H20FNO6. The van der Waals surface area contributed by atoms with Crippen molar-refractivity contribution in [1.82, 2.24) is 0 Å². The summed E-state index contributed by atoms with van der Waals surface area (Å²) in [6.45, 7) is 2.08. The van der Waals surface area contributed by atoms with E-state index in [4.69, 9.17) is 9.47 Å². The first kappa shape index (κ1) is 22.3. The van der Waals surface area contributed by atoms with Crippen molar-refractivity contribution in [2.24, 2.45) is 11.8 Å². The van der Waals surface area contributed by atoms with Crippen LogP contribution in [0.25, 0.3) is 0 Å². The van der Waals surface area contributed by atoms with E-state index >= 15 is 0 Å². The first-order valence-corrected chi connectivity index (χ1v) is 11.6. The van der Waals surface area contributed by atoms with Crippen molar-refractivity contribution in [2.45, 2.75) is 18.6 Å². The maximum Gasteiger partial charge on any atom is 0.241 e. The van der Waals surface area contributed by atoms with Crippen LogP contribution in [-0.2, 0) is 14.3 Å². The summed E-state index contributed by atoms with van der Waals surface area (Å²) in [6, 6.07) is 18.1. The molecule has 3 aromatic carbocycles. The molecule has 2 saturated heterocycles. The molecule has 6 rings (SSSR count). The number of Topliss-reactive ketones (excluding diaryl/α,β-unsaturated/α-hetero) is 2. The van der Waals surface area contributed by atoms with Crippen molar-refractivity contribution in [2.75, 3.05) is 11.5 Å². The average Bonchev–Trinajstić information content (AvgIpc) is 3.45. The van der Waals surface area contributed by atoms with Gasteiger partial charge in [-0.25, -0.2) is 9.29 Å². The van der Waals surface area contributed by atoms with Gasteiger partial charge in [-0.15, -0.1) is 0 Å². The van der Waals surface area contributed by atoms with Gasteiger partial charge in [-0.05, 0) is 36.8 Å². The van der Waals surface area contributed by atoms with Gasteiger partial charge in [0, 0.05) is 11.1 Å². The fraction of sp³-hybridized carbons (Fsp3) is 0.214. The van der Waals surface area contributed by atoms with E-state index in [0.717, 1.165) is 4.90 Å². The Hall–Kier alpha value is -4.17. The molecule has 8 heteroatoms. The van der Waals surface area contributed by atoms with Gasteiger partial charge in [0.05, 0.1) is 30.2 Å². The van der Waals surface area contributed by atoms with Gasteiger partial charge in [-0.1, -0.05) is 48.5 Å². The summed E-state index contributed by atoms with van der Waals surface area (Å²) in [4.78, 5) is 56.4. The lowest BCUT2D eigenvalue weighted by atomic mass is 9.77. The highest BCUT2D eigenvalue weighted by atomic mass is 19.1. The molecule has 1 spiro atoms.